The van der Waals surface area contributed by atoms with E-state index in [1.807, 2.05) is 0 Å². The number of hydrogen-bond acceptors (Lipinski definition) is 3. The van der Waals surface area contributed by atoms with Gasteiger partial charge >= 0.3 is 0 Å². The number of benzene rings is 2. The van der Waals surface area contributed by atoms with Crippen LogP contribution in [0, 0.1) is 5.82 Å². The zero-order valence-corrected chi connectivity index (χ0v) is 12.2. The molecule has 0 atom stereocenters. The van der Waals surface area contributed by atoms with Gasteiger partial charge in [-0.25, -0.2) is 12.8 Å². The lowest BCUT2D eigenvalue weighted by molar-refractivity contribution is 0.587. The van der Waals surface area contributed by atoms with Crippen LogP contribution in [0.5, 0.6) is 0 Å². The predicted molar refractivity (Wildman–Crippen MR) is 75.8 cm³/mol. The molecule has 0 bridgehead atoms. The first-order valence-corrected chi connectivity index (χ1v) is 7.85. The summed E-state index contributed by atoms with van der Waals surface area (Å²) in [5, 5.41) is 0. The summed E-state index contributed by atoms with van der Waals surface area (Å²) in [7, 11) is -3.61. The second kappa shape index (κ2) is 5.30. The summed E-state index contributed by atoms with van der Waals surface area (Å²) in [5.41, 5.74) is 6.04. The maximum absolute atomic E-state index is 13.7. The SMILES string of the molecule is Nc1cccc(S(=O)(=O)Cc2ccc(Br)cc2F)c1. The standard InChI is InChI=1S/C13H11BrFNO2S/c14-10-5-4-9(13(15)6-10)8-19(17,18)12-3-1-2-11(16)7-12/h1-7H,8,16H2. The third-order valence-electron chi connectivity index (χ3n) is 2.58. The molecule has 0 amide bonds. The van der Waals surface area contributed by atoms with Gasteiger partial charge in [-0.1, -0.05) is 28.1 Å². The highest BCUT2D eigenvalue weighted by Crippen LogP contribution is 2.22. The molecule has 0 saturated heterocycles. The van der Waals surface area contributed by atoms with Crippen LogP contribution in [0.3, 0.4) is 0 Å². The summed E-state index contributed by atoms with van der Waals surface area (Å²) in [5.74, 6) is -0.947. The Morgan fingerprint density at radius 2 is 1.89 bits per heavy atom. The van der Waals surface area contributed by atoms with Gasteiger partial charge in [-0.15, -0.1) is 0 Å². The maximum atomic E-state index is 13.7. The van der Waals surface area contributed by atoms with Crippen molar-refractivity contribution in [3.8, 4) is 0 Å². The largest absolute Gasteiger partial charge is 0.399 e. The summed E-state index contributed by atoms with van der Waals surface area (Å²) in [4.78, 5) is 0.0924. The van der Waals surface area contributed by atoms with E-state index >= 15 is 0 Å². The average molecular weight is 344 g/mol. The molecule has 0 heterocycles. The molecule has 2 rings (SSSR count). The molecule has 0 aliphatic rings. The van der Waals surface area contributed by atoms with E-state index in [0.29, 0.717) is 10.2 Å². The van der Waals surface area contributed by atoms with Gasteiger partial charge in [0.05, 0.1) is 10.6 Å². The highest BCUT2D eigenvalue weighted by atomic mass is 79.9. The fourth-order valence-corrected chi connectivity index (χ4v) is 3.38. The summed E-state index contributed by atoms with van der Waals surface area (Å²) in [6.07, 6.45) is 0. The summed E-state index contributed by atoms with van der Waals surface area (Å²) in [6.45, 7) is 0. The minimum atomic E-state index is -3.61. The Hall–Kier alpha value is -1.40. The van der Waals surface area contributed by atoms with Gasteiger partial charge in [-0.05, 0) is 30.3 Å². The van der Waals surface area contributed by atoms with Crippen LogP contribution in [0.1, 0.15) is 5.56 Å². The van der Waals surface area contributed by atoms with Crippen molar-refractivity contribution in [3.05, 3.63) is 58.3 Å². The Balaban J connectivity index is 2.36. The smallest absolute Gasteiger partial charge is 0.182 e. The van der Waals surface area contributed by atoms with E-state index < -0.39 is 21.4 Å². The van der Waals surface area contributed by atoms with Gasteiger partial charge in [-0.2, -0.15) is 0 Å². The van der Waals surface area contributed by atoms with Crippen LogP contribution in [0.15, 0.2) is 51.8 Å². The van der Waals surface area contributed by atoms with Crippen LogP contribution in [-0.2, 0) is 15.6 Å². The number of rotatable bonds is 3. The quantitative estimate of drug-likeness (QED) is 0.871. The van der Waals surface area contributed by atoms with Gasteiger partial charge in [0.2, 0.25) is 0 Å². The molecule has 2 aromatic rings. The first-order valence-electron chi connectivity index (χ1n) is 5.41. The third-order valence-corrected chi connectivity index (χ3v) is 4.73. The van der Waals surface area contributed by atoms with Crippen LogP contribution in [0.4, 0.5) is 10.1 Å². The van der Waals surface area contributed by atoms with Crippen molar-refractivity contribution < 1.29 is 12.8 Å². The van der Waals surface area contributed by atoms with E-state index in [4.69, 9.17) is 5.73 Å². The van der Waals surface area contributed by atoms with Crippen LogP contribution in [0.25, 0.3) is 0 Å². The Kier molecular flexibility index (Phi) is 3.91. The van der Waals surface area contributed by atoms with Gasteiger partial charge in [0, 0.05) is 15.7 Å². The molecule has 6 heteroatoms. The molecule has 0 unspecified atom stereocenters. The highest BCUT2D eigenvalue weighted by molar-refractivity contribution is 9.10. The van der Waals surface area contributed by atoms with E-state index in [1.54, 1.807) is 18.2 Å². The molecule has 0 spiro atoms. The van der Waals surface area contributed by atoms with Gasteiger partial charge in [-0.3, -0.25) is 0 Å². The van der Waals surface area contributed by atoms with E-state index in [2.05, 4.69) is 15.9 Å². The molecule has 3 nitrogen and oxygen atoms in total. The van der Waals surface area contributed by atoms with E-state index in [9.17, 15) is 12.8 Å². The zero-order valence-electron chi connectivity index (χ0n) is 9.81. The molecule has 0 radical (unpaired) electrons. The molecule has 0 fully saturated rings. The number of hydrogen-bond donors (Lipinski definition) is 1. The topological polar surface area (TPSA) is 60.2 Å². The Morgan fingerprint density at radius 3 is 2.53 bits per heavy atom. The van der Waals surface area contributed by atoms with Crippen molar-refractivity contribution in [1.29, 1.82) is 0 Å². The second-order valence-corrected chi connectivity index (χ2v) is 6.97. The predicted octanol–water partition coefficient (Wildman–Crippen LogP) is 3.14. The fraction of sp³-hybridized carbons (Fsp3) is 0.0769. The lowest BCUT2D eigenvalue weighted by Gasteiger charge is -2.07. The van der Waals surface area contributed by atoms with E-state index in [0.717, 1.165) is 0 Å². The molecule has 0 aliphatic heterocycles. The van der Waals surface area contributed by atoms with Crippen molar-refractivity contribution >= 4 is 31.5 Å². The Labute approximate surface area is 119 Å². The summed E-state index contributed by atoms with van der Waals surface area (Å²) < 4.78 is 38.5. The van der Waals surface area contributed by atoms with Gasteiger partial charge in [0.1, 0.15) is 5.82 Å². The number of anilines is 1. The molecule has 0 aromatic heterocycles. The zero-order chi connectivity index (χ0) is 14.0. The average Bonchev–Trinajstić information content (AvgIpc) is 2.33. The van der Waals surface area contributed by atoms with Gasteiger partial charge in [0.15, 0.2) is 9.84 Å². The maximum Gasteiger partial charge on any atom is 0.182 e. The molecule has 2 aromatic carbocycles. The lowest BCUT2D eigenvalue weighted by atomic mass is 10.2. The normalized spacial score (nSPS) is 11.5. The number of nitrogen functional groups attached to an aromatic ring is 1. The van der Waals surface area contributed by atoms with Crippen molar-refractivity contribution in [1.82, 2.24) is 0 Å². The van der Waals surface area contributed by atoms with E-state index in [1.165, 1.54) is 24.3 Å². The number of sulfone groups is 1. The van der Waals surface area contributed by atoms with Crippen molar-refractivity contribution in [2.24, 2.45) is 0 Å². The monoisotopic (exact) mass is 343 g/mol. The van der Waals surface area contributed by atoms with Crippen LogP contribution in [0.2, 0.25) is 0 Å². The molecule has 19 heavy (non-hydrogen) atoms. The van der Waals surface area contributed by atoms with E-state index in [-0.39, 0.29) is 10.5 Å². The summed E-state index contributed by atoms with van der Waals surface area (Å²) in [6, 6.07) is 10.3. The van der Waals surface area contributed by atoms with Crippen molar-refractivity contribution in [2.75, 3.05) is 5.73 Å². The van der Waals surface area contributed by atoms with Crippen LogP contribution in [-0.4, -0.2) is 8.42 Å². The Morgan fingerprint density at radius 1 is 1.16 bits per heavy atom. The Bertz CT molecular complexity index is 716. The van der Waals surface area contributed by atoms with Crippen LogP contribution < -0.4 is 5.73 Å². The molecule has 0 aliphatic carbocycles. The molecular weight excluding hydrogens is 333 g/mol. The van der Waals surface area contributed by atoms with Crippen molar-refractivity contribution in [2.45, 2.75) is 10.6 Å². The minimum absolute atomic E-state index is 0.0924. The highest BCUT2D eigenvalue weighted by Gasteiger charge is 2.17. The number of halogens is 2. The molecule has 0 saturated carbocycles. The third kappa shape index (κ3) is 3.33. The minimum Gasteiger partial charge on any atom is -0.399 e. The molecular formula is C13H11BrFNO2S. The van der Waals surface area contributed by atoms with Gasteiger partial charge in [0.25, 0.3) is 0 Å². The van der Waals surface area contributed by atoms with Crippen molar-refractivity contribution in [3.63, 3.8) is 0 Å². The first kappa shape index (κ1) is 14.0. The molecule has 2 N–H and O–H groups in total. The summed E-state index contributed by atoms with van der Waals surface area (Å²) >= 11 is 3.12. The second-order valence-electron chi connectivity index (χ2n) is 4.07. The van der Waals surface area contributed by atoms with Crippen LogP contribution >= 0.6 is 15.9 Å². The molecule has 100 valence electrons. The fourth-order valence-electron chi connectivity index (χ4n) is 1.63. The first-order chi connectivity index (χ1) is 8.88. The lowest BCUT2D eigenvalue weighted by Crippen LogP contribution is -2.07. The van der Waals surface area contributed by atoms with Gasteiger partial charge < -0.3 is 5.73 Å². The number of nitrogens with two attached hydrogens (primary N) is 1.